The number of guanidine groups is 1. The Morgan fingerprint density at radius 2 is 1.96 bits per heavy atom. The van der Waals surface area contributed by atoms with Gasteiger partial charge in [0.1, 0.15) is 0 Å². The number of hydrogen-bond acceptors (Lipinski definition) is 3. The summed E-state index contributed by atoms with van der Waals surface area (Å²) in [5, 5.41) is 3.42. The second-order valence-electron chi connectivity index (χ2n) is 7.88. The molecule has 0 aromatic heterocycles. The largest absolute Gasteiger partial charge is 0.357 e. The Hall–Kier alpha value is -0.830. The van der Waals surface area contributed by atoms with Crippen LogP contribution in [0.15, 0.2) is 35.3 Å². The molecule has 5 nitrogen and oxygen atoms in total. The zero-order valence-electron chi connectivity index (χ0n) is 17.0. The van der Waals surface area contributed by atoms with Crippen molar-refractivity contribution in [2.24, 2.45) is 16.8 Å². The Morgan fingerprint density at radius 1 is 1.21 bits per heavy atom. The third-order valence-corrected chi connectivity index (χ3v) is 7.78. The smallest absolute Gasteiger partial charge is 0.193 e. The summed E-state index contributed by atoms with van der Waals surface area (Å²) in [4.78, 5) is 7.19. The molecule has 0 radical (unpaired) electrons. The lowest BCUT2D eigenvalue weighted by Crippen LogP contribution is -2.48. The standard InChI is InChI=1S/C21H33N3O2S.HI/c1-3-18-15-24(12-10-20(18)19-8-6-5-7-9-19)21(22-4-2)23-14-17-11-13-27(25,26)16-17;/h5-9,17-18,20H,3-4,10-16H2,1-2H3,(H,22,23);1H. The Kier molecular flexibility index (Phi) is 9.05. The van der Waals surface area contributed by atoms with Crippen LogP contribution in [0.4, 0.5) is 0 Å². The number of sulfone groups is 1. The zero-order chi connectivity index (χ0) is 19.3. The Morgan fingerprint density at radius 3 is 2.57 bits per heavy atom. The second kappa shape index (κ2) is 10.8. The van der Waals surface area contributed by atoms with Crippen molar-refractivity contribution in [2.75, 3.05) is 37.7 Å². The predicted octanol–water partition coefficient (Wildman–Crippen LogP) is 3.52. The minimum absolute atomic E-state index is 0. The predicted molar refractivity (Wildman–Crippen MR) is 127 cm³/mol. The number of nitrogens with one attached hydrogen (secondary N) is 1. The van der Waals surface area contributed by atoms with Crippen molar-refractivity contribution >= 4 is 39.8 Å². The van der Waals surface area contributed by atoms with E-state index in [0.717, 1.165) is 44.9 Å². The maximum absolute atomic E-state index is 11.7. The van der Waals surface area contributed by atoms with Gasteiger partial charge in [0.15, 0.2) is 15.8 Å². The summed E-state index contributed by atoms with van der Waals surface area (Å²) in [5.41, 5.74) is 1.45. The maximum atomic E-state index is 11.7. The minimum Gasteiger partial charge on any atom is -0.357 e. The van der Waals surface area contributed by atoms with Gasteiger partial charge >= 0.3 is 0 Å². The molecule has 158 valence electrons. The van der Waals surface area contributed by atoms with Crippen LogP contribution in [0.5, 0.6) is 0 Å². The fourth-order valence-corrected chi connectivity index (χ4v) is 6.28. The van der Waals surface area contributed by atoms with Crippen molar-refractivity contribution in [3.8, 4) is 0 Å². The van der Waals surface area contributed by atoms with E-state index in [1.807, 2.05) is 0 Å². The molecule has 2 fully saturated rings. The highest BCUT2D eigenvalue weighted by atomic mass is 127. The van der Waals surface area contributed by atoms with Gasteiger partial charge in [-0.2, -0.15) is 0 Å². The summed E-state index contributed by atoms with van der Waals surface area (Å²) in [7, 11) is -2.83. The summed E-state index contributed by atoms with van der Waals surface area (Å²) >= 11 is 0. The molecule has 2 saturated heterocycles. The Bertz CT molecular complexity index is 739. The van der Waals surface area contributed by atoms with Crippen LogP contribution in [0, 0.1) is 11.8 Å². The molecular formula is C21H34IN3O2S. The van der Waals surface area contributed by atoms with Crippen molar-refractivity contribution in [1.29, 1.82) is 0 Å². The van der Waals surface area contributed by atoms with Crippen molar-refractivity contribution in [2.45, 2.75) is 39.0 Å². The van der Waals surface area contributed by atoms with E-state index in [0.29, 0.717) is 29.9 Å². The van der Waals surface area contributed by atoms with E-state index in [2.05, 4.69) is 54.4 Å². The van der Waals surface area contributed by atoms with E-state index < -0.39 is 9.84 Å². The van der Waals surface area contributed by atoms with E-state index in [9.17, 15) is 8.42 Å². The number of piperidine rings is 1. The highest BCUT2D eigenvalue weighted by Gasteiger charge is 2.31. The number of aliphatic imine (C=N–C) groups is 1. The van der Waals surface area contributed by atoms with Gasteiger partial charge in [-0.15, -0.1) is 24.0 Å². The Labute approximate surface area is 187 Å². The van der Waals surface area contributed by atoms with Crippen LogP contribution < -0.4 is 5.32 Å². The van der Waals surface area contributed by atoms with Gasteiger partial charge in [0.25, 0.3) is 0 Å². The lowest BCUT2D eigenvalue weighted by Gasteiger charge is -2.40. The number of likely N-dealkylation sites (tertiary alicyclic amines) is 1. The quantitative estimate of drug-likeness (QED) is 0.368. The molecule has 0 aliphatic carbocycles. The third kappa shape index (κ3) is 6.08. The SMILES string of the molecule is CCNC(=NCC1CCS(=O)(=O)C1)N1CCC(c2ccccc2)C(CC)C1.I. The lowest BCUT2D eigenvalue weighted by molar-refractivity contribution is 0.215. The number of halogens is 1. The Balaban J connectivity index is 0.00000280. The monoisotopic (exact) mass is 519 g/mol. The van der Waals surface area contributed by atoms with Crippen LogP contribution in [0.25, 0.3) is 0 Å². The van der Waals surface area contributed by atoms with Crippen LogP contribution in [0.3, 0.4) is 0 Å². The summed E-state index contributed by atoms with van der Waals surface area (Å²) in [5.74, 6) is 2.96. The molecular weight excluding hydrogens is 485 g/mol. The van der Waals surface area contributed by atoms with Gasteiger partial charge in [-0.3, -0.25) is 4.99 Å². The van der Waals surface area contributed by atoms with Crippen molar-refractivity contribution < 1.29 is 8.42 Å². The zero-order valence-corrected chi connectivity index (χ0v) is 20.2. The average Bonchev–Trinajstić information content (AvgIpc) is 3.04. The fraction of sp³-hybridized carbons (Fsp3) is 0.667. The van der Waals surface area contributed by atoms with E-state index in [1.165, 1.54) is 5.56 Å². The summed E-state index contributed by atoms with van der Waals surface area (Å²) in [6.07, 6.45) is 3.03. The van der Waals surface area contributed by atoms with E-state index >= 15 is 0 Å². The first-order valence-electron chi connectivity index (χ1n) is 10.3. The van der Waals surface area contributed by atoms with E-state index in [-0.39, 0.29) is 29.9 Å². The second-order valence-corrected chi connectivity index (χ2v) is 10.1. The molecule has 0 amide bonds. The molecule has 2 aliphatic heterocycles. The lowest BCUT2D eigenvalue weighted by atomic mass is 9.79. The van der Waals surface area contributed by atoms with Crippen LogP contribution in [-0.2, 0) is 9.84 Å². The molecule has 1 aromatic rings. The number of rotatable bonds is 5. The third-order valence-electron chi connectivity index (χ3n) is 5.95. The van der Waals surface area contributed by atoms with Gasteiger partial charge in [-0.25, -0.2) is 8.42 Å². The molecule has 0 bridgehead atoms. The maximum Gasteiger partial charge on any atom is 0.193 e. The van der Waals surface area contributed by atoms with Crippen molar-refractivity contribution in [1.82, 2.24) is 10.2 Å². The minimum atomic E-state index is -2.83. The average molecular weight is 519 g/mol. The van der Waals surface area contributed by atoms with Gasteiger partial charge in [-0.1, -0.05) is 43.7 Å². The molecule has 1 aromatic carbocycles. The molecule has 2 heterocycles. The van der Waals surface area contributed by atoms with Crippen LogP contribution in [-0.4, -0.2) is 57.0 Å². The van der Waals surface area contributed by atoms with Gasteiger partial charge in [0.05, 0.1) is 11.5 Å². The highest BCUT2D eigenvalue weighted by molar-refractivity contribution is 14.0. The van der Waals surface area contributed by atoms with Gasteiger partial charge in [-0.05, 0) is 43.1 Å². The number of hydrogen-bond donors (Lipinski definition) is 1. The van der Waals surface area contributed by atoms with E-state index in [1.54, 1.807) is 0 Å². The number of nitrogens with zero attached hydrogens (tertiary/aromatic N) is 2. The molecule has 3 atom stereocenters. The van der Waals surface area contributed by atoms with Crippen molar-refractivity contribution in [3.63, 3.8) is 0 Å². The van der Waals surface area contributed by atoms with Crippen LogP contribution >= 0.6 is 24.0 Å². The molecule has 0 spiro atoms. The first-order chi connectivity index (χ1) is 13.0. The van der Waals surface area contributed by atoms with Gasteiger partial charge in [0, 0.05) is 26.2 Å². The summed E-state index contributed by atoms with van der Waals surface area (Å²) in [6, 6.07) is 10.9. The van der Waals surface area contributed by atoms with Crippen LogP contribution in [0.1, 0.15) is 44.6 Å². The molecule has 28 heavy (non-hydrogen) atoms. The molecule has 0 saturated carbocycles. The summed E-state index contributed by atoms with van der Waals surface area (Å²) in [6.45, 7) is 7.80. The molecule has 3 rings (SSSR count). The van der Waals surface area contributed by atoms with Crippen LogP contribution in [0.2, 0.25) is 0 Å². The molecule has 7 heteroatoms. The summed E-state index contributed by atoms with van der Waals surface area (Å²) < 4.78 is 23.4. The van der Waals surface area contributed by atoms with E-state index in [4.69, 9.17) is 4.99 Å². The number of benzene rings is 1. The molecule has 1 N–H and O–H groups in total. The normalized spacial score (nSPS) is 27.3. The first-order valence-corrected chi connectivity index (χ1v) is 12.1. The van der Waals surface area contributed by atoms with Gasteiger partial charge in [0.2, 0.25) is 0 Å². The topological polar surface area (TPSA) is 61.8 Å². The molecule has 3 unspecified atom stereocenters. The first kappa shape index (κ1) is 23.4. The fourth-order valence-electron chi connectivity index (χ4n) is 4.43. The molecule has 2 aliphatic rings. The highest BCUT2D eigenvalue weighted by Crippen LogP contribution is 2.34. The van der Waals surface area contributed by atoms with Gasteiger partial charge < -0.3 is 10.2 Å². The van der Waals surface area contributed by atoms with Crippen molar-refractivity contribution in [3.05, 3.63) is 35.9 Å².